The van der Waals surface area contributed by atoms with E-state index in [1.54, 1.807) is 6.08 Å². The molecule has 0 spiro atoms. The molecular weight excluding hydrogens is 663 g/mol. The molecule has 0 rings (SSSR count). The molecule has 2 unspecified atom stereocenters. The fraction of sp³-hybridized carbons (Fsp3) is 0.540. The van der Waals surface area contributed by atoms with Gasteiger partial charge in [-0.15, -0.1) is 0 Å². The largest absolute Gasteiger partial charge is 0.394 e. The van der Waals surface area contributed by atoms with Crippen LogP contribution in [0.1, 0.15) is 155 Å². The Morgan fingerprint density at radius 3 is 1.22 bits per heavy atom. The van der Waals surface area contributed by atoms with Gasteiger partial charge in [0.2, 0.25) is 5.91 Å². The van der Waals surface area contributed by atoms with Gasteiger partial charge in [-0.1, -0.05) is 186 Å². The van der Waals surface area contributed by atoms with E-state index in [1.807, 2.05) is 6.08 Å². The minimum absolute atomic E-state index is 0.117. The highest BCUT2D eigenvalue weighted by atomic mass is 16.3. The second kappa shape index (κ2) is 43.9. The highest BCUT2D eigenvalue weighted by molar-refractivity contribution is 5.76. The van der Waals surface area contributed by atoms with E-state index in [-0.39, 0.29) is 12.5 Å². The second-order valence-electron chi connectivity index (χ2n) is 13.7. The van der Waals surface area contributed by atoms with Crippen LogP contribution >= 0.6 is 0 Å². The number of rotatable bonds is 36. The number of nitrogens with one attached hydrogen (secondary N) is 1. The lowest BCUT2D eigenvalue weighted by Gasteiger charge is -2.19. The van der Waals surface area contributed by atoms with Crippen molar-refractivity contribution in [3.8, 4) is 0 Å². The minimum atomic E-state index is -0.864. The Kier molecular flexibility index (Phi) is 41.1. The Morgan fingerprint density at radius 2 is 0.815 bits per heavy atom. The van der Waals surface area contributed by atoms with Crippen LogP contribution in [0.4, 0.5) is 0 Å². The Labute approximate surface area is 332 Å². The summed E-state index contributed by atoms with van der Waals surface area (Å²) in [6.07, 6.45) is 69.9. The van der Waals surface area contributed by atoms with E-state index in [2.05, 4.69) is 141 Å². The molecule has 4 nitrogen and oxygen atoms in total. The zero-order valence-electron chi connectivity index (χ0n) is 34.4. The molecule has 3 N–H and O–H groups in total. The fourth-order valence-electron chi connectivity index (χ4n) is 5.38. The number of carbonyl (C=O) groups excluding carboxylic acids is 1. The molecule has 0 aliphatic rings. The molecule has 0 aliphatic carbocycles. The molecule has 1 amide bonds. The molecule has 0 aromatic carbocycles. The Balaban J connectivity index is 3.77. The molecule has 0 saturated heterocycles. The summed E-state index contributed by atoms with van der Waals surface area (Å²) in [5.74, 6) is -0.117. The smallest absolute Gasteiger partial charge is 0.220 e. The summed E-state index contributed by atoms with van der Waals surface area (Å²) in [5.41, 5.74) is 0. The van der Waals surface area contributed by atoms with Crippen molar-refractivity contribution in [2.45, 2.75) is 167 Å². The predicted octanol–water partition coefficient (Wildman–Crippen LogP) is 13.6. The van der Waals surface area contributed by atoms with E-state index in [9.17, 15) is 15.0 Å². The first-order chi connectivity index (χ1) is 26.7. The molecule has 2 atom stereocenters. The second-order valence-corrected chi connectivity index (χ2v) is 13.7. The number of unbranched alkanes of at least 4 members (excludes halogenated alkanes) is 9. The Hall–Kier alpha value is -3.47. The van der Waals surface area contributed by atoms with Crippen LogP contribution in [-0.4, -0.2) is 34.9 Å². The number of hydrogen-bond donors (Lipinski definition) is 3. The van der Waals surface area contributed by atoms with Crippen LogP contribution in [0.5, 0.6) is 0 Å². The standard InChI is InChI=1S/C50H79NO3/c1-3-5-7-9-11-13-14-15-16-17-18-19-20-21-22-23-24-25-26-27-28-29-30-31-32-33-34-35-36-38-40-42-44-46-50(54)51-48(47-52)49(53)45-43-41-39-37-12-10-8-6-4-2/h5,7,11,13,15-16,18-19,21-22,24-25,27-28,30-31,33-34,36,38,43,45,48-49,52-53H,3-4,6,8-10,12,14,17,20,23,26,29,32,35,37,39-42,44,46-47H2,1-2H3,(H,51,54)/b7-5-,13-11-,16-15-,19-18-,22-21-,25-24-,28-27-,31-30-,34-33-,38-36-,45-43+. The average Bonchev–Trinajstić information content (AvgIpc) is 3.18. The van der Waals surface area contributed by atoms with Crippen LogP contribution in [0.3, 0.4) is 0 Å². The van der Waals surface area contributed by atoms with Crippen LogP contribution in [0, 0.1) is 0 Å². The lowest BCUT2D eigenvalue weighted by molar-refractivity contribution is -0.123. The summed E-state index contributed by atoms with van der Waals surface area (Å²) < 4.78 is 0. The molecule has 0 aromatic rings. The zero-order chi connectivity index (χ0) is 39.3. The lowest BCUT2D eigenvalue weighted by atomic mass is 10.1. The van der Waals surface area contributed by atoms with E-state index in [0.717, 1.165) is 96.3 Å². The van der Waals surface area contributed by atoms with Gasteiger partial charge < -0.3 is 15.5 Å². The van der Waals surface area contributed by atoms with E-state index >= 15 is 0 Å². The average molecular weight is 742 g/mol. The molecule has 0 saturated carbocycles. The van der Waals surface area contributed by atoms with Crippen molar-refractivity contribution in [2.75, 3.05) is 6.61 Å². The van der Waals surface area contributed by atoms with Gasteiger partial charge in [0.25, 0.3) is 0 Å². The van der Waals surface area contributed by atoms with Crippen molar-refractivity contribution >= 4 is 5.91 Å². The fourth-order valence-corrected chi connectivity index (χ4v) is 5.38. The Bertz CT molecular complexity index is 1160. The van der Waals surface area contributed by atoms with Crippen molar-refractivity contribution < 1.29 is 15.0 Å². The molecule has 54 heavy (non-hydrogen) atoms. The number of aliphatic hydroxyl groups is 2. The quantitative estimate of drug-likeness (QED) is 0.0442. The molecule has 0 radical (unpaired) electrons. The summed E-state index contributed by atoms with van der Waals surface area (Å²) in [5, 5.41) is 22.8. The molecule has 0 bridgehead atoms. The van der Waals surface area contributed by atoms with Crippen LogP contribution < -0.4 is 5.32 Å². The highest BCUT2D eigenvalue weighted by Gasteiger charge is 2.17. The normalized spacial score (nSPS) is 14.4. The van der Waals surface area contributed by atoms with Gasteiger partial charge in [0, 0.05) is 6.42 Å². The third kappa shape index (κ3) is 39.7. The van der Waals surface area contributed by atoms with Crippen molar-refractivity contribution in [3.05, 3.63) is 134 Å². The number of hydrogen-bond acceptors (Lipinski definition) is 3. The summed E-state index contributed by atoms with van der Waals surface area (Å²) in [4.78, 5) is 12.3. The minimum Gasteiger partial charge on any atom is -0.394 e. The van der Waals surface area contributed by atoms with E-state index < -0.39 is 12.1 Å². The van der Waals surface area contributed by atoms with E-state index in [4.69, 9.17) is 0 Å². The summed E-state index contributed by atoms with van der Waals surface area (Å²) in [6, 6.07) is -0.653. The zero-order valence-corrected chi connectivity index (χ0v) is 34.4. The maximum Gasteiger partial charge on any atom is 0.220 e. The van der Waals surface area contributed by atoms with Crippen molar-refractivity contribution in [1.82, 2.24) is 5.32 Å². The Morgan fingerprint density at radius 1 is 0.463 bits per heavy atom. The highest BCUT2D eigenvalue weighted by Crippen LogP contribution is 2.10. The van der Waals surface area contributed by atoms with Gasteiger partial charge in [-0.3, -0.25) is 4.79 Å². The van der Waals surface area contributed by atoms with Gasteiger partial charge in [0.15, 0.2) is 0 Å². The maximum absolute atomic E-state index is 12.3. The topological polar surface area (TPSA) is 69.6 Å². The SMILES string of the molecule is CC/C=C\C/C=C\C/C=C\C/C=C\C/C=C\C/C=C\C/C=C\C/C=C\C/C=C\C/C=C\CCCCC(=O)NC(CO)C(O)/C=C/CCCCCCCCC. The number of allylic oxidation sites excluding steroid dienone is 21. The number of carbonyl (C=O) groups is 1. The first-order valence-electron chi connectivity index (χ1n) is 21.4. The summed E-state index contributed by atoms with van der Waals surface area (Å²) in [6.45, 7) is 4.12. The van der Waals surface area contributed by atoms with Gasteiger partial charge >= 0.3 is 0 Å². The third-order valence-corrected chi connectivity index (χ3v) is 8.64. The van der Waals surface area contributed by atoms with Gasteiger partial charge in [0.1, 0.15) is 0 Å². The first-order valence-corrected chi connectivity index (χ1v) is 21.4. The van der Waals surface area contributed by atoms with Crippen LogP contribution in [-0.2, 0) is 4.79 Å². The van der Waals surface area contributed by atoms with Gasteiger partial charge in [0.05, 0.1) is 18.8 Å². The van der Waals surface area contributed by atoms with Crippen LogP contribution in [0.25, 0.3) is 0 Å². The predicted molar refractivity (Wildman–Crippen MR) is 238 cm³/mol. The monoisotopic (exact) mass is 742 g/mol. The van der Waals surface area contributed by atoms with Gasteiger partial charge in [-0.25, -0.2) is 0 Å². The lowest BCUT2D eigenvalue weighted by Crippen LogP contribution is -2.45. The number of amides is 1. The summed E-state index contributed by atoms with van der Waals surface area (Å²) >= 11 is 0. The van der Waals surface area contributed by atoms with Crippen LogP contribution in [0.2, 0.25) is 0 Å². The first kappa shape index (κ1) is 50.5. The molecule has 4 heteroatoms. The van der Waals surface area contributed by atoms with Crippen LogP contribution in [0.15, 0.2) is 134 Å². The molecular formula is C50H79NO3. The van der Waals surface area contributed by atoms with Gasteiger partial charge in [-0.2, -0.15) is 0 Å². The van der Waals surface area contributed by atoms with E-state index in [0.29, 0.717) is 6.42 Å². The molecule has 0 aliphatic heterocycles. The molecule has 0 fully saturated rings. The summed E-state index contributed by atoms with van der Waals surface area (Å²) in [7, 11) is 0. The van der Waals surface area contributed by atoms with Crippen molar-refractivity contribution in [3.63, 3.8) is 0 Å². The maximum atomic E-state index is 12.3. The van der Waals surface area contributed by atoms with Gasteiger partial charge in [-0.05, 0) is 96.3 Å². The number of aliphatic hydroxyl groups excluding tert-OH is 2. The van der Waals surface area contributed by atoms with Crippen molar-refractivity contribution in [1.29, 1.82) is 0 Å². The third-order valence-electron chi connectivity index (χ3n) is 8.64. The molecule has 0 aromatic heterocycles. The van der Waals surface area contributed by atoms with E-state index in [1.165, 1.54) is 38.5 Å². The molecule has 0 heterocycles. The molecule has 302 valence electrons. The van der Waals surface area contributed by atoms with Crippen molar-refractivity contribution in [2.24, 2.45) is 0 Å².